The van der Waals surface area contributed by atoms with Crippen molar-refractivity contribution in [1.82, 2.24) is 9.62 Å². The van der Waals surface area contributed by atoms with Crippen LogP contribution in [-0.4, -0.2) is 25.2 Å². The monoisotopic (exact) mass is 486 g/mol. The van der Waals surface area contributed by atoms with Crippen molar-refractivity contribution in [3.05, 3.63) is 101 Å². The summed E-state index contributed by atoms with van der Waals surface area (Å²) in [5.74, 6) is -0.363. The molecule has 0 aliphatic carbocycles. The van der Waals surface area contributed by atoms with E-state index in [-0.39, 0.29) is 29.9 Å². The Morgan fingerprint density at radius 1 is 0.967 bits per heavy atom. The molecule has 3 aromatic carbocycles. The van der Waals surface area contributed by atoms with Crippen LogP contribution in [0.4, 0.5) is 0 Å². The standard InChI is InChI=1S/C23H23BrN2O3S/c1-18(20-11-8-12-21(24)15-20)25-23(27)17-26(16-19-9-4-2-5-10-19)30(28,29)22-13-6-3-7-14-22/h2-15,18H,16-17H2,1H3,(H,25,27). The van der Waals surface area contributed by atoms with Gasteiger partial charge < -0.3 is 5.32 Å². The number of amides is 1. The number of carbonyl (C=O) groups is 1. The molecule has 0 saturated heterocycles. The second-order valence-electron chi connectivity index (χ2n) is 6.92. The number of carbonyl (C=O) groups excluding carboxylic acids is 1. The minimum Gasteiger partial charge on any atom is -0.348 e. The van der Waals surface area contributed by atoms with E-state index in [9.17, 15) is 13.2 Å². The van der Waals surface area contributed by atoms with E-state index in [4.69, 9.17) is 0 Å². The van der Waals surface area contributed by atoms with E-state index in [1.165, 1.54) is 16.4 Å². The van der Waals surface area contributed by atoms with Crippen LogP contribution in [0.25, 0.3) is 0 Å². The maximum absolute atomic E-state index is 13.2. The molecule has 7 heteroatoms. The first-order valence-corrected chi connectivity index (χ1v) is 11.7. The molecule has 5 nitrogen and oxygen atoms in total. The zero-order chi connectivity index (χ0) is 21.6. The highest BCUT2D eigenvalue weighted by Crippen LogP contribution is 2.20. The molecule has 0 aliphatic rings. The summed E-state index contributed by atoms with van der Waals surface area (Å²) in [5, 5.41) is 2.90. The average molecular weight is 487 g/mol. The Kier molecular flexibility index (Phi) is 7.42. The van der Waals surface area contributed by atoms with Crippen molar-refractivity contribution in [1.29, 1.82) is 0 Å². The van der Waals surface area contributed by atoms with E-state index in [2.05, 4.69) is 21.2 Å². The third-order valence-corrected chi connectivity index (χ3v) is 6.93. The fraction of sp³-hybridized carbons (Fsp3) is 0.174. The fourth-order valence-electron chi connectivity index (χ4n) is 3.06. The van der Waals surface area contributed by atoms with Crippen molar-refractivity contribution in [3.8, 4) is 0 Å². The van der Waals surface area contributed by atoms with Gasteiger partial charge in [0.1, 0.15) is 0 Å². The molecule has 0 bridgehead atoms. The SMILES string of the molecule is CC(NC(=O)CN(Cc1ccccc1)S(=O)(=O)c1ccccc1)c1cccc(Br)c1. The molecule has 0 heterocycles. The molecule has 0 saturated carbocycles. The van der Waals surface area contributed by atoms with Crippen molar-refractivity contribution < 1.29 is 13.2 Å². The maximum Gasteiger partial charge on any atom is 0.243 e. The minimum absolute atomic E-state index is 0.108. The lowest BCUT2D eigenvalue weighted by molar-refractivity contribution is -0.122. The lowest BCUT2D eigenvalue weighted by atomic mass is 10.1. The quantitative estimate of drug-likeness (QED) is 0.508. The number of hydrogen-bond donors (Lipinski definition) is 1. The molecule has 30 heavy (non-hydrogen) atoms. The molecule has 1 N–H and O–H groups in total. The van der Waals surface area contributed by atoms with Crippen LogP contribution in [0, 0.1) is 0 Å². The third-order valence-electron chi connectivity index (χ3n) is 4.63. The Labute approximate surface area is 185 Å². The molecular weight excluding hydrogens is 464 g/mol. The second-order valence-corrected chi connectivity index (χ2v) is 9.77. The maximum atomic E-state index is 13.2. The summed E-state index contributed by atoms with van der Waals surface area (Å²) in [6.07, 6.45) is 0. The van der Waals surface area contributed by atoms with Crippen LogP contribution in [-0.2, 0) is 21.4 Å². The highest BCUT2D eigenvalue weighted by Gasteiger charge is 2.27. The van der Waals surface area contributed by atoms with Gasteiger partial charge in [0.25, 0.3) is 0 Å². The van der Waals surface area contributed by atoms with Gasteiger partial charge in [-0.25, -0.2) is 8.42 Å². The lowest BCUT2D eigenvalue weighted by Crippen LogP contribution is -2.41. The molecule has 0 aliphatic heterocycles. The summed E-state index contributed by atoms with van der Waals surface area (Å²) >= 11 is 3.43. The van der Waals surface area contributed by atoms with Gasteiger partial charge in [-0.3, -0.25) is 4.79 Å². The van der Waals surface area contributed by atoms with Gasteiger partial charge in [-0.05, 0) is 42.3 Å². The summed E-state index contributed by atoms with van der Waals surface area (Å²) < 4.78 is 28.5. The predicted molar refractivity (Wildman–Crippen MR) is 121 cm³/mol. The Morgan fingerprint density at radius 3 is 2.23 bits per heavy atom. The molecule has 1 atom stereocenters. The Morgan fingerprint density at radius 2 is 1.60 bits per heavy atom. The van der Waals surface area contributed by atoms with Crippen LogP contribution in [0.3, 0.4) is 0 Å². The summed E-state index contributed by atoms with van der Waals surface area (Å²) in [6, 6.07) is 24.8. The van der Waals surface area contributed by atoms with Crippen LogP contribution in [0.5, 0.6) is 0 Å². The number of sulfonamides is 1. The molecule has 0 aromatic heterocycles. The van der Waals surface area contributed by atoms with Gasteiger partial charge in [-0.1, -0.05) is 76.6 Å². The van der Waals surface area contributed by atoms with Crippen LogP contribution in [0.2, 0.25) is 0 Å². The van der Waals surface area contributed by atoms with Crippen molar-refractivity contribution in [2.24, 2.45) is 0 Å². The molecule has 156 valence electrons. The van der Waals surface area contributed by atoms with Gasteiger partial charge in [-0.15, -0.1) is 0 Å². The summed E-state index contributed by atoms with van der Waals surface area (Å²) in [5.41, 5.74) is 1.74. The van der Waals surface area contributed by atoms with Gasteiger partial charge in [0.05, 0.1) is 17.5 Å². The molecule has 1 amide bonds. The Hall–Kier alpha value is -2.48. The largest absolute Gasteiger partial charge is 0.348 e. The second kappa shape index (κ2) is 10.0. The van der Waals surface area contributed by atoms with Crippen LogP contribution >= 0.6 is 15.9 Å². The van der Waals surface area contributed by atoms with E-state index >= 15 is 0 Å². The summed E-state index contributed by atoms with van der Waals surface area (Å²) in [4.78, 5) is 12.9. The summed E-state index contributed by atoms with van der Waals surface area (Å²) in [6.45, 7) is 1.70. The molecule has 0 radical (unpaired) electrons. The fourth-order valence-corrected chi connectivity index (χ4v) is 4.88. The molecular formula is C23H23BrN2O3S. The number of benzene rings is 3. The molecule has 0 spiro atoms. The molecule has 1 unspecified atom stereocenters. The first-order chi connectivity index (χ1) is 14.4. The van der Waals surface area contributed by atoms with Gasteiger partial charge in [0, 0.05) is 11.0 Å². The van der Waals surface area contributed by atoms with Crippen LogP contribution in [0.1, 0.15) is 24.1 Å². The van der Waals surface area contributed by atoms with Gasteiger partial charge in [0.2, 0.25) is 15.9 Å². The van der Waals surface area contributed by atoms with Gasteiger partial charge >= 0.3 is 0 Å². The van der Waals surface area contributed by atoms with Crippen molar-refractivity contribution in [3.63, 3.8) is 0 Å². The lowest BCUT2D eigenvalue weighted by Gasteiger charge is -2.23. The first kappa shape index (κ1) is 22.2. The Balaban J connectivity index is 1.80. The highest BCUT2D eigenvalue weighted by molar-refractivity contribution is 9.10. The smallest absolute Gasteiger partial charge is 0.243 e. The number of nitrogens with zero attached hydrogens (tertiary/aromatic N) is 1. The van der Waals surface area contributed by atoms with E-state index in [0.29, 0.717) is 0 Å². The first-order valence-electron chi connectivity index (χ1n) is 9.50. The third kappa shape index (κ3) is 5.78. The molecule has 3 aromatic rings. The number of nitrogens with one attached hydrogen (secondary N) is 1. The Bertz CT molecular complexity index is 1090. The molecule has 0 fully saturated rings. The minimum atomic E-state index is -3.84. The van der Waals surface area contributed by atoms with Crippen molar-refractivity contribution >= 4 is 31.9 Å². The molecule has 3 rings (SSSR count). The van der Waals surface area contributed by atoms with Gasteiger partial charge in [-0.2, -0.15) is 4.31 Å². The normalized spacial score (nSPS) is 12.5. The van der Waals surface area contributed by atoms with E-state index in [0.717, 1.165) is 15.6 Å². The summed E-state index contributed by atoms with van der Waals surface area (Å²) in [7, 11) is -3.84. The van der Waals surface area contributed by atoms with E-state index in [1.807, 2.05) is 61.5 Å². The predicted octanol–water partition coefficient (Wildman–Crippen LogP) is 4.52. The zero-order valence-corrected chi connectivity index (χ0v) is 18.9. The number of hydrogen-bond acceptors (Lipinski definition) is 3. The number of rotatable bonds is 8. The topological polar surface area (TPSA) is 66.5 Å². The zero-order valence-electron chi connectivity index (χ0n) is 16.5. The van der Waals surface area contributed by atoms with Gasteiger partial charge in [0.15, 0.2) is 0 Å². The highest BCUT2D eigenvalue weighted by atomic mass is 79.9. The number of halogens is 1. The average Bonchev–Trinajstić information content (AvgIpc) is 2.74. The van der Waals surface area contributed by atoms with E-state index < -0.39 is 10.0 Å². The van der Waals surface area contributed by atoms with Crippen LogP contribution in [0.15, 0.2) is 94.3 Å². The van der Waals surface area contributed by atoms with Crippen molar-refractivity contribution in [2.75, 3.05) is 6.54 Å². The van der Waals surface area contributed by atoms with E-state index in [1.54, 1.807) is 18.2 Å². The van der Waals surface area contributed by atoms with Crippen molar-refractivity contribution in [2.45, 2.75) is 24.4 Å². The van der Waals surface area contributed by atoms with Crippen LogP contribution < -0.4 is 5.32 Å².